The van der Waals surface area contributed by atoms with Gasteiger partial charge in [0.15, 0.2) is 0 Å². The number of hydrogen-bond donors (Lipinski definition) is 0. The highest BCUT2D eigenvalue weighted by molar-refractivity contribution is 6.30. The Balaban J connectivity index is 1.81. The number of hydrogen-bond acceptors (Lipinski definition) is 4. The lowest BCUT2D eigenvalue weighted by Gasteiger charge is -2.10. The van der Waals surface area contributed by atoms with E-state index in [-0.39, 0.29) is 36.2 Å². The molecule has 1 saturated heterocycles. The molecule has 0 atom stereocenters. The number of carbonyl (C=O) groups excluding carboxylic acids is 2. The third-order valence-corrected chi connectivity index (χ3v) is 3.47. The van der Waals surface area contributed by atoms with Gasteiger partial charge in [-0.15, -0.1) is 5.10 Å². The van der Waals surface area contributed by atoms with Crippen molar-refractivity contribution in [2.24, 2.45) is 0 Å². The number of nitrogens with zero attached hydrogens (tertiary/aromatic N) is 4. The van der Waals surface area contributed by atoms with E-state index in [2.05, 4.69) is 10.3 Å². The molecule has 108 valence electrons. The summed E-state index contributed by atoms with van der Waals surface area (Å²) in [5.41, 5.74) is 1.01. The molecule has 2 heterocycles. The number of rotatable bonds is 3. The molecule has 8 heteroatoms. The van der Waals surface area contributed by atoms with Gasteiger partial charge in [0.05, 0.1) is 23.5 Å². The van der Waals surface area contributed by atoms with Crippen molar-refractivity contribution in [3.05, 3.63) is 40.9 Å². The highest BCUT2D eigenvalue weighted by Crippen LogP contribution is 2.19. The monoisotopic (exact) mass is 308 g/mol. The van der Waals surface area contributed by atoms with Gasteiger partial charge in [0.25, 0.3) is 0 Å². The minimum Gasteiger partial charge on any atom is -0.276 e. The lowest BCUT2D eigenvalue weighted by Crippen LogP contribution is -2.28. The maximum Gasteiger partial charge on any atom is 0.230 e. The summed E-state index contributed by atoms with van der Waals surface area (Å²) in [6.07, 6.45) is 2.05. The maximum absolute atomic E-state index is 13.1. The van der Waals surface area contributed by atoms with Gasteiger partial charge < -0.3 is 0 Å². The van der Waals surface area contributed by atoms with Gasteiger partial charge in [0.2, 0.25) is 11.8 Å². The lowest BCUT2D eigenvalue weighted by atomic mass is 10.3. The van der Waals surface area contributed by atoms with Crippen LogP contribution in [0, 0.1) is 5.82 Å². The van der Waals surface area contributed by atoms with Crippen molar-refractivity contribution >= 4 is 23.4 Å². The quantitative estimate of drug-likeness (QED) is 0.810. The first-order valence-electron chi connectivity index (χ1n) is 6.24. The van der Waals surface area contributed by atoms with E-state index in [1.54, 1.807) is 6.20 Å². The van der Waals surface area contributed by atoms with E-state index in [0.29, 0.717) is 11.4 Å². The van der Waals surface area contributed by atoms with Crippen LogP contribution in [0.2, 0.25) is 5.02 Å². The number of likely N-dealkylation sites (tertiary alicyclic amines) is 1. The topological polar surface area (TPSA) is 68.1 Å². The normalized spacial score (nSPS) is 15.0. The van der Waals surface area contributed by atoms with Gasteiger partial charge in [-0.3, -0.25) is 14.5 Å². The molecule has 0 saturated carbocycles. The summed E-state index contributed by atoms with van der Waals surface area (Å²) in [6.45, 7) is 0.0899. The molecule has 0 spiro atoms. The summed E-state index contributed by atoms with van der Waals surface area (Å²) < 4.78 is 14.5. The Morgan fingerprint density at radius 3 is 2.62 bits per heavy atom. The molecule has 1 aliphatic heterocycles. The Bertz CT molecular complexity index is 715. The van der Waals surface area contributed by atoms with Crippen LogP contribution in [0.25, 0.3) is 5.69 Å². The minimum absolute atomic E-state index is 0.0190. The average Bonchev–Trinajstić information content (AvgIpc) is 3.04. The molecule has 2 aromatic rings. The van der Waals surface area contributed by atoms with Crippen LogP contribution in [0.5, 0.6) is 0 Å². The molecule has 2 amide bonds. The number of benzene rings is 1. The molecule has 3 rings (SSSR count). The van der Waals surface area contributed by atoms with E-state index >= 15 is 0 Å². The minimum atomic E-state index is -0.519. The second kappa shape index (κ2) is 5.25. The summed E-state index contributed by atoms with van der Waals surface area (Å²) in [7, 11) is 0. The fourth-order valence-electron chi connectivity index (χ4n) is 2.09. The van der Waals surface area contributed by atoms with Crippen LogP contribution in [-0.2, 0) is 16.1 Å². The van der Waals surface area contributed by atoms with Crippen molar-refractivity contribution in [2.75, 3.05) is 0 Å². The molecule has 1 aromatic heterocycles. The highest BCUT2D eigenvalue weighted by atomic mass is 35.5. The maximum atomic E-state index is 13.1. The molecule has 0 N–H and O–H groups in total. The van der Waals surface area contributed by atoms with Crippen molar-refractivity contribution in [2.45, 2.75) is 19.4 Å². The largest absolute Gasteiger partial charge is 0.276 e. The van der Waals surface area contributed by atoms with E-state index in [4.69, 9.17) is 11.6 Å². The van der Waals surface area contributed by atoms with Crippen LogP contribution in [0.4, 0.5) is 4.39 Å². The van der Waals surface area contributed by atoms with E-state index < -0.39 is 5.82 Å². The van der Waals surface area contributed by atoms with Crippen molar-refractivity contribution in [1.82, 2.24) is 19.9 Å². The number of amides is 2. The molecule has 0 radical (unpaired) electrons. The summed E-state index contributed by atoms with van der Waals surface area (Å²) >= 11 is 5.71. The van der Waals surface area contributed by atoms with Gasteiger partial charge in [-0.05, 0) is 18.2 Å². The molecule has 1 aliphatic rings. The van der Waals surface area contributed by atoms with Gasteiger partial charge in [-0.1, -0.05) is 16.8 Å². The highest BCUT2D eigenvalue weighted by Gasteiger charge is 2.29. The summed E-state index contributed by atoms with van der Waals surface area (Å²) in [4.78, 5) is 24.2. The van der Waals surface area contributed by atoms with E-state index in [9.17, 15) is 14.0 Å². The van der Waals surface area contributed by atoms with Crippen LogP contribution >= 0.6 is 11.6 Å². The Hall–Kier alpha value is -2.28. The smallest absolute Gasteiger partial charge is 0.230 e. The molecule has 0 aliphatic carbocycles. The Labute approximate surface area is 124 Å². The molecule has 1 fully saturated rings. The number of aromatic nitrogens is 3. The Morgan fingerprint density at radius 2 is 1.95 bits per heavy atom. The van der Waals surface area contributed by atoms with E-state index in [1.165, 1.54) is 22.9 Å². The number of halogens is 2. The second-order valence-corrected chi connectivity index (χ2v) is 5.03. The third kappa shape index (κ3) is 2.64. The molecule has 21 heavy (non-hydrogen) atoms. The van der Waals surface area contributed by atoms with Gasteiger partial charge in [0.1, 0.15) is 11.5 Å². The average molecular weight is 309 g/mol. The fraction of sp³-hybridized carbons (Fsp3) is 0.231. The third-order valence-electron chi connectivity index (χ3n) is 3.18. The van der Waals surface area contributed by atoms with Gasteiger partial charge in [-0.25, -0.2) is 9.07 Å². The predicted octanol–water partition coefficient (Wildman–Crippen LogP) is 1.71. The van der Waals surface area contributed by atoms with Crippen LogP contribution in [0.15, 0.2) is 24.4 Å². The number of carbonyl (C=O) groups is 2. The molecule has 6 nitrogen and oxygen atoms in total. The zero-order valence-electron chi connectivity index (χ0n) is 10.8. The molecule has 0 unspecified atom stereocenters. The van der Waals surface area contributed by atoms with Gasteiger partial charge in [-0.2, -0.15) is 0 Å². The van der Waals surface area contributed by atoms with Crippen LogP contribution in [-0.4, -0.2) is 31.7 Å². The SMILES string of the molecule is O=C1CCC(=O)N1Cc1cn(-c2ccc(F)c(Cl)c2)nn1. The predicted molar refractivity (Wildman–Crippen MR) is 71.1 cm³/mol. The van der Waals surface area contributed by atoms with E-state index in [0.717, 1.165) is 4.90 Å². The Morgan fingerprint density at radius 1 is 1.24 bits per heavy atom. The van der Waals surface area contributed by atoms with Crippen molar-refractivity contribution < 1.29 is 14.0 Å². The molecular formula is C13H10ClFN4O2. The van der Waals surface area contributed by atoms with Crippen molar-refractivity contribution in [3.63, 3.8) is 0 Å². The summed E-state index contributed by atoms with van der Waals surface area (Å²) in [5, 5.41) is 7.77. The Kier molecular flexibility index (Phi) is 3.42. The van der Waals surface area contributed by atoms with Crippen LogP contribution < -0.4 is 0 Å². The standard InChI is InChI=1S/C13H10ClFN4O2/c14-10-5-9(1-2-11(10)15)19-7-8(16-17-19)6-18-12(20)3-4-13(18)21/h1-2,5,7H,3-4,6H2. The molecular weight excluding hydrogens is 299 g/mol. The first-order chi connectivity index (χ1) is 10.0. The molecule has 1 aromatic carbocycles. The number of imide groups is 1. The zero-order valence-corrected chi connectivity index (χ0v) is 11.5. The van der Waals surface area contributed by atoms with Gasteiger partial charge >= 0.3 is 0 Å². The summed E-state index contributed by atoms with van der Waals surface area (Å²) in [6, 6.07) is 4.15. The lowest BCUT2D eigenvalue weighted by molar-refractivity contribution is -0.139. The van der Waals surface area contributed by atoms with Crippen molar-refractivity contribution in [3.8, 4) is 5.69 Å². The van der Waals surface area contributed by atoms with E-state index in [1.807, 2.05) is 0 Å². The molecule has 0 bridgehead atoms. The first kappa shape index (κ1) is 13.7. The summed E-state index contributed by atoms with van der Waals surface area (Å²) in [5.74, 6) is -0.937. The fourth-order valence-corrected chi connectivity index (χ4v) is 2.26. The first-order valence-corrected chi connectivity index (χ1v) is 6.62. The van der Waals surface area contributed by atoms with Crippen molar-refractivity contribution in [1.29, 1.82) is 0 Å². The van der Waals surface area contributed by atoms with Crippen LogP contribution in [0.1, 0.15) is 18.5 Å². The van der Waals surface area contributed by atoms with Crippen LogP contribution in [0.3, 0.4) is 0 Å². The zero-order chi connectivity index (χ0) is 15.0. The van der Waals surface area contributed by atoms with Gasteiger partial charge in [0, 0.05) is 12.8 Å². The second-order valence-electron chi connectivity index (χ2n) is 4.63.